The molecule has 0 aromatic carbocycles. The quantitative estimate of drug-likeness (QED) is 0.722. The van der Waals surface area contributed by atoms with E-state index in [4.69, 9.17) is 14.6 Å². The van der Waals surface area contributed by atoms with E-state index in [9.17, 15) is 0 Å². The SMILES string of the molecule is CC(CO)CCCNC1CCOC2(CCOCC2)C1. The summed E-state index contributed by atoms with van der Waals surface area (Å²) in [5.74, 6) is 0.429. The van der Waals surface area contributed by atoms with Gasteiger partial charge in [0, 0.05) is 32.5 Å². The van der Waals surface area contributed by atoms with Gasteiger partial charge in [-0.3, -0.25) is 0 Å². The van der Waals surface area contributed by atoms with Crippen LogP contribution in [0.1, 0.15) is 45.4 Å². The molecular weight excluding hydrogens is 242 g/mol. The fourth-order valence-electron chi connectivity index (χ4n) is 3.14. The zero-order valence-electron chi connectivity index (χ0n) is 12.2. The Balaban J connectivity index is 1.66. The standard InChI is InChI=1S/C15H29NO3/c1-13(12-17)3-2-7-16-14-4-8-19-15(11-14)5-9-18-10-6-15/h13-14,16-17H,2-12H2,1H3. The minimum absolute atomic E-state index is 0.0898. The van der Waals surface area contributed by atoms with Crippen molar-refractivity contribution in [2.75, 3.05) is 33.0 Å². The average molecular weight is 271 g/mol. The van der Waals surface area contributed by atoms with E-state index in [1.54, 1.807) is 0 Å². The molecule has 112 valence electrons. The molecule has 2 aliphatic heterocycles. The maximum Gasteiger partial charge on any atom is 0.0741 e. The Kier molecular flexibility index (Phi) is 6.07. The van der Waals surface area contributed by atoms with Gasteiger partial charge in [0.05, 0.1) is 5.60 Å². The molecule has 19 heavy (non-hydrogen) atoms. The van der Waals surface area contributed by atoms with Crippen LogP contribution in [-0.2, 0) is 9.47 Å². The molecule has 2 saturated heterocycles. The Labute approximate surface area is 116 Å². The predicted molar refractivity (Wildman–Crippen MR) is 75.2 cm³/mol. The van der Waals surface area contributed by atoms with Crippen molar-refractivity contribution in [3.63, 3.8) is 0 Å². The second-order valence-corrected chi connectivity index (χ2v) is 6.22. The molecule has 2 rings (SSSR count). The van der Waals surface area contributed by atoms with E-state index in [1.165, 1.54) is 0 Å². The number of rotatable bonds is 6. The summed E-state index contributed by atoms with van der Waals surface area (Å²) in [4.78, 5) is 0. The summed E-state index contributed by atoms with van der Waals surface area (Å²) in [6.07, 6.45) is 6.60. The maximum atomic E-state index is 9.00. The number of ether oxygens (including phenoxy) is 2. The van der Waals surface area contributed by atoms with E-state index in [0.717, 1.165) is 64.9 Å². The summed E-state index contributed by atoms with van der Waals surface area (Å²) in [5, 5.41) is 12.7. The van der Waals surface area contributed by atoms with Crippen molar-refractivity contribution in [3.8, 4) is 0 Å². The molecule has 1 spiro atoms. The van der Waals surface area contributed by atoms with Crippen molar-refractivity contribution in [2.24, 2.45) is 5.92 Å². The van der Waals surface area contributed by atoms with Gasteiger partial charge >= 0.3 is 0 Å². The van der Waals surface area contributed by atoms with Crippen LogP contribution in [0.4, 0.5) is 0 Å². The van der Waals surface area contributed by atoms with Gasteiger partial charge in [0.1, 0.15) is 0 Å². The van der Waals surface area contributed by atoms with Crippen LogP contribution in [0, 0.1) is 5.92 Å². The second kappa shape index (κ2) is 7.58. The van der Waals surface area contributed by atoms with Crippen LogP contribution in [-0.4, -0.2) is 49.7 Å². The second-order valence-electron chi connectivity index (χ2n) is 6.22. The molecular formula is C15H29NO3. The van der Waals surface area contributed by atoms with E-state index in [1.807, 2.05) is 0 Å². The summed E-state index contributed by atoms with van der Waals surface area (Å²) in [6.45, 7) is 6.04. The van der Waals surface area contributed by atoms with Gasteiger partial charge in [0.2, 0.25) is 0 Å². The monoisotopic (exact) mass is 271 g/mol. The molecule has 2 unspecified atom stereocenters. The Morgan fingerprint density at radius 3 is 2.84 bits per heavy atom. The molecule has 4 nitrogen and oxygen atoms in total. The van der Waals surface area contributed by atoms with E-state index in [2.05, 4.69) is 12.2 Å². The normalized spacial score (nSPS) is 28.4. The first-order chi connectivity index (χ1) is 9.24. The lowest BCUT2D eigenvalue weighted by atomic mass is 9.84. The third-order valence-corrected chi connectivity index (χ3v) is 4.52. The first-order valence-electron chi connectivity index (χ1n) is 7.80. The molecule has 0 saturated carbocycles. The van der Waals surface area contributed by atoms with Crippen LogP contribution < -0.4 is 5.32 Å². The summed E-state index contributed by atoms with van der Waals surface area (Å²) in [5.41, 5.74) is 0.0898. The van der Waals surface area contributed by atoms with Gasteiger partial charge in [0.25, 0.3) is 0 Å². The Morgan fingerprint density at radius 2 is 2.11 bits per heavy atom. The Morgan fingerprint density at radius 1 is 1.32 bits per heavy atom. The number of hydrogen-bond donors (Lipinski definition) is 2. The molecule has 0 aliphatic carbocycles. The van der Waals surface area contributed by atoms with E-state index in [-0.39, 0.29) is 5.60 Å². The largest absolute Gasteiger partial charge is 0.396 e. The molecule has 0 radical (unpaired) electrons. The molecule has 0 aromatic rings. The van der Waals surface area contributed by atoms with Crippen molar-refractivity contribution in [3.05, 3.63) is 0 Å². The highest BCUT2D eigenvalue weighted by Crippen LogP contribution is 2.34. The number of aliphatic hydroxyl groups excluding tert-OH is 1. The maximum absolute atomic E-state index is 9.00. The van der Waals surface area contributed by atoms with Crippen LogP contribution in [0.15, 0.2) is 0 Å². The predicted octanol–water partition coefficient (Wildman–Crippen LogP) is 1.71. The van der Waals surface area contributed by atoms with Crippen molar-refractivity contribution in [1.29, 1.82) is 0 Å². The summed E-state index contributed by atoms with van der Waals surface area (Å²) in [6, 6.07) is 0.594. The van der Waals surface area contributed by atoms with Gasteiger partial charge in [-0.2, -0.15) is 0 Å². The van der Waals surface area contributed by atoms with Crippen LogP contribution >= 0.6 is 0 Å². The van der Waals surface area contributed by atoms with E-state index in [0.29, 0.717) is 18.6 Å². The fraction of sp³-hybridized carbons (Fsp3) is 1.00. The molecule has 2 aliphatic rings. The Bertz CT molecular complexity index is 248. The van der Waals surface area contributed by atoms with Crippen LogP contribution in [0.25, 0.3) is 0 Å². The summed E-state index contributed by atoms with van der Waals surface area (Å²) in [7, 11) is 0. The topological polar surface area (TPSA) is 50.7 Å². The molecule has 2 N–H and O–H groups in total. The number of aliphatic hydroxyl groups is 1. The molecule has 0 aromatic heterocycles. The molecule has 0 amide bonds. The molecule has 4 heteroatoms. The van der Waals surface area contributed by atoms with Gasteiger partial charge < -0.3 is 19.9 Å². The van der Waals surface area contributed by atoms with E-state index >= 15 is 0 Å². The fourth-order valence-corrected chi connectivity index (χ4v) is 3.14. The van der Waals surface area contributed by atoms with Crippen LogP contribution in [0.2, 0.25) is 0 Å². The minimum atomic E-state index is 0.0898. The van der Waals surface area contributed by atoms with Gasteiger partial charge in [-0.15, -0.1) is 0 Å². The highest BCUT2D eigenvalue weighted by atomic mass is 16.5. The average Bonchev–Trinajstić information content (AvgIpc) is 2.44. The summed E-state index contributed by atoms with van der Waals surface area (Å²) < 4.78 is 11.5. The number of hydrogen-bond acceptors (Lipinski definition) is 4. The first-order valence-corrected chi connectivity index (χ1v) is 7.80. The van der Waals surface area contributed by atoms with Crippen molar-refractivity contribution in [2.45, 2.75) is 57.1 Å². The van der Waals surface area contributed by atoms with Crippen molar-refractivity contribution in [1.82, 2.24) is 5.32 Å². The lowest BCUT2D eigenvalue weighted by molar-refractivity contribution is -0.140. The van der Waals surface area contributed by atoms with Crippen LogP contribution in [0.3, 0.4) is 0 Å². The number of nitrogens with one attached hydrogen (secondary N) is 1. The van der Waals surface area contributed by atoms with Crippen molar-refractivity contribution < 1.29 is 14.6 Å². The smallest absolute Gasteiger partial charge is 0.0741 e. The first kappa shape index (κ1) is 15.2. The highest BCUT2D eigenvalue weighted by Gasteiger charge is 2.38. The third kappa shape index (κ3) is 4.71. The van der Waals surface area contributed by atoms with Crippen LogP contribution in [0.5, 0.6) is 0 Å². The van der Waals surface area contributed by atoms with Gasteiger partial charge in [-0.05, 0) is 51.0 Å². The van der Waals surface area contributed by atoms with Gasteiger partial charge in [0.15, 0.2) is 0 Å². The zero-order chi connectivity index (χ0) is 13.6. The molecule has 0 bridgehead atoms. The molecule has 2 heterocycles. The minimum Gasteiger partial charge on any atom is -0.396 e. The highest BCUT2D eigenvalue weighted by molar-refractivity contribution is 4.91. The van der Waals surface area contributed by atoms with Gasteiger partial charge in [-0.1, -0.05) is 6.92 Å². The Hall–Kier alpha value is -0.160. The van der Waals surface area contributed by atoms with E-state index < -0.39 is 0 Å². The zero-order valence-corrected chi connectivity index (χ0v) is 12.2. The lowest BCUT2D eigenvalue weighted by Gasteiger charge is -2.43. The van der Waals surface area contributed by atoms with Gasteiger partial charge in [-0.25, -0.2) is 0 Å². The molecule has 2 fully saturated rings. The molecule has 2 atom stereocenters. The van der Waals surface area contributed by atoms with Crippen molar-refractivity contribution >= 4 is 0 Å². The summed E-state index contributed by atoms with van der Waals surface area (Å²) >= 11 is 0. The lowest BCUT2D eigenvalue weighted by Crippen LogP contribution is -2.50. The third-order valence-electron chi connectivity index (χ3n) is 4.52.